The zero-order valence-electron chi connectivity index (χ0n) is 48.7. The van der Waals surface area contributed by atoms with Crippen molar-refractivity contribution >= 4 is 77.8 Å². The average Bonchev–Trinajstić information content (AvgIpc) is 3.45. The molecule has 0 heterocycles. The normalized spacial score (nSPS) is 12.7. The molecule has 0 aliphatic heterocycles. The number of carbonyl (C=O) groups excluding carboxylic acids is 7. The Balaban J connectivity index is 0.000000561. The SMILES string of the molecule is CC(OC(=O)OC(CN)C(C)C)OC(=O)C(C)(C)Oc1ccc(CCNC(=O)c2ccc(Cl)cc2)cc1.CC(OC(=O)OC(CNC(=O)OC(C)(C)C)C(C)C)OC(=O)C(C)(C)Oc1ccc(CCNC(=O)c2ccc(Cl)cc2)cc1.Cl. The second-order valence-corrected chi connectivity index (χ2v) is 22.0. The monoisotopic (exact) mass is 1200 g/mol. The number of nitrogens with one attached hydrogen (secondary N) is 3. The van der Waals surface area contributed by atoms with E-state index in [1.165, 1.54) is 27.7 Å². The van der Waals surface area contributed by atoms with Crippen LogP contribution in [0.2, 0.25) is 10.0 Å². The maximum Gasteiger partial charge on any atom is 0.511 e. The van der Waals surface area contributed by atoms with Gasteiger partial charge in [0, 0.05) is 54.7 Å². The molecule has 20 nitrogen and oxygen atoms in total. The number of ether oxygens (including phenoxy) is 9. The van der Waals surface area contributed by atoms with E-state index in [0.717, 1.165) is 11.1 Å². The van der Waals surface area contributed by atoms with Gasteiger partial charge in [0.15, 0.2) is 11.2 Å². The predicted molar refractivity (Wildman–Crippen MR) is 311 cm³/mol. The number of amides is 3. The molecule has 0 aliphatic rings. The predicted octanol–water partition coefficient (Wildman–Crippen LogP) is 11.0. The summed E-state index contributed by atoms with van der Waals surface area (Å²) in [6, 6.07) is 27.5. The van der Waals surface area contributed by atoms with Crippen LogP contribution < -0.4 is 31.2 Å². The van der Waals surface area contributed by atoms with Gasteiger partial charge in [0.2, 0.25) is 12.6 Å². The van der Waals surface area contributed by atoms with E-state index in [2.05, 4.69) is 16.0 Å². The highest BCUT2D eigenvalue weighted by Crippen LogP contribution is 2.24. The molecule has 452 valence electrons. The van der Waals surface area contributed by atoms with Crippen molar-refractivity contribution in [1.82, 2.24) is 16.0 Å². The molecular weight excluding hydrogens is 1130 g/mol. The molecular formula is C59H79Cl3N4O16. The van der Waals surface area contributed by atoms with Crippen molar-refractivity contribution in [2.75, 3.05) is 26.2 Å². The maximum absolute atomic E-state index is 12.8. The van der Waals surface area contributed by atoms with E-state index in [0.29, 0.717) is 58.6 Å². The second kappa shape index (κ2) is 33.8. The highest BCUT2D eigenvalue weighted by molar-refractivity contribution is 6.31. The Morgan fingerprint density at radius 3 is 1.17 bits per heavy atom. The minimum absolute atomic E-state index is 0. The van der Waals surface area contributed by atoms with Crippen LogP contribution in [0, 0.1) is 11.8 Å². The Labute approximate surface area is 496 Å². The Hall–Kier alpha value is -7.00. The van der Waals surface area contributed by atoms with E-state index >= 15 is 0 Å². The topological polar surface area (TPSA) is 265 Å². The molecule has 4 rings (SSSR count). The Morgan fingerprint density at radius 1 is 0.488 bits per heavy atom. The first-order valence-electron chi connectivity index (χ1n) is 26.3. The van der Waals surface area contributed by atoms with Crippen LogP contribution in [-0.2, 0) is 55.6 Å². The van der Waals surface area contributed by atoms with Gasteiger partial charge in [-0.1, -0.05) is 75.2 Å². The molecule has 4 atom stereocenters. The van der Waals surface area contributed by atoms with Crippen molar-refractivity contribution in [1.29, 1.82) is 0 Å². The minimum atomic E-state index is -1.41. The van der Waals surface area contributed by atoms with Crippen LogP contribution in [0.4, 0.5) is 14.4 Å². The quantitative estimate of drug-likeness (QED) is 0.0273. The molecule has 0 saturated heterocycles. The molecule has 0 spiro atoms. The number of benzene rings is 4. The van der Waals surface area contributed by atoms with E-state index in [-0.39, 0.29) is 49.1 Å². The molecule has 5 N–H and O–H groups in total. The van der Waals surface area contributed by atoms with Gasteiger partial charge in [0.05, 0.1) is 6.54 Å². The third-order valence-corrected chi connectivity index (χ3v) is 11.8. The summed E-state index contributed by atoms with van der Waals surface area (Å²) in [5, 5.41) is 9.41. The van der Waals surface area contributed by atoms with Crippen molar-refractivity contribution in [3.63, 3.8) is 0 Å². The third kappa shape index (κ3) is 26.7. The number of rotatable bonds is 25. The fraction of sp³-hybridized carbons (Fsp3) is 0.475. The molecule has 4 aromatic carbocycles. The van der Waals surface area contributed by atoms with Crippen LogP contribution in [0.25, 0.3) is 0 Å². The number of esters is 2. The maximum atomic E-state index is 12.8. The Morgan fingerprint density at radius 2 is 0.841 bits per heavy atom. The third-order valence-electron chi connectivity index (χ3n) is 11.3. The molecule has 0 aromatic heterocycles. The minimum Gasteiger partial charge on any atom is -0.476 e. The van der Waals surface area contributed by atoms with Crippen LogP contribution in [-0.4, -0.2) is 110 Å². The van der Waals surface area contributed by atoms with Crippen LogP contribution in [0.5, 0.6) is 11.5 Å². The van der Waals surface area contributed by atoms with Crippen LogP contribution in [0.1, 0.15) is 122 Å². The summed E-state index contributed by atoms with van der Waals surface area (Å²) >= 11 is 11.7. The second-order valence-electron chi connectivity index (χ2n) is 21.1. The van der Waals surface area contributed by atoms with E-state index in [1.54, 1.807) is 107 Å². The highest BCUT2D eigenvalue weighted by Gasteiger charge is 2.36. The van der Waals surface area contributed by atoms with Crippen molar-refractivity contribution in [2.45, 2.75) is 144 Å². The van der Waals surface area contributed by atoms with Crippen molar-refractivity contribution in [3.05, 3.63) is 129 Å². The van der Waals surface area contributed by atoms with E-state index in [9.17, 15) is 33.6 Å². The Kier molecular flexibility index (Phi) is 29.3. The molecule has 4 unspecified atom stereocenters. The first kappa shape index (κ1) is 71.1. The molecule has 23 heteroatoms. The average molecular weight is 1210 g/mol. The lowest BCUT2D eigenvalue weighted by molar-refractivity contribution is -0.185. The lowest BCUT2D eigenvalue weighted by Gasteiger charge is -2.27. The van der Waals surface area contributed by atoms with Gasteiger partial charge in [-0.15, -0.1) is 12.4 Å². The fourth-order valence-electron chi connectivity index (χ4n) is 6.74. The molecule has 4 aromatic rings. The lowest BCUT2D eigenvalue weighted by atomic mass is 10.1. The summed E-state index contributed by atoms with van der Waals surface area (Å²) in [5.74, 6) is -1.12. The van der Waals surface area contributed by atoms with E-state index in [4.69, 9.17) is 71.6 Å². The van der Waals surface area contributed by atoms with Crippen LogP contribution >= 0.6 is 35.6 Å². The molecule has 0 bridgehead atoms. The van der Waals surface area contributed by atoms with Crippen molar-refractivity contribution < 1.29 is 76.2 Å². The van der Waals surface area contributed by atoms with Gasteiger partial charge in [0.25, 0.3) is 11.8 Å². The summed E-state index contributed by atoms with van der Waals surface area (Å²) in [6.07, 6.45) is -5.13. The first-order valence-corrected chi connectivity index (χ1v) is 27.1. The Bertz CT molecular complexity index is 2670. The number of nitrogens with two attached hydrogens (primary N) is 1. The number of halogens is 3. The van der Waals surface area contributed by atoms with Gasteiger partial charge in [-0.25, -0.2) is 24.0 Å². The molecule has 0 saturated carbocycles. The van der Waals surface area contributed by atoms with E-state index in [1.807, 2.05) is 52.0 Å². The number of hydrogen-bond acceptors (Lipinski definition) is 17. The van der Waals surface area contributed by atoms with Gasteiger partial charge in [-0.05, 0) is 157 Å². The van der Waals surface area contributed by atoms with Crippen LogP contribution in [0.3, 0.4) is 0 Å². The molecule has 0 aliphatic carbocycles. The van der Waals surface area contributed by atoms with Gasteiger partial charge in [-0.2, -0.15) is 0 Å². The zero-order chi connectivity index (χ0) is 60.7. The van der Waals surface area contributed by atoms with Gasteiger partial charge >= 0.3 is 30.3 Å². The lowest BCUT2D eigenvalue weighted by Crippen LogP contribution is -2.42. The zero-order valence-corrected chi connectivity index (χ0v) is 51.0. The molecule has 0 fully saturated rings. The number of hydrogen-bond donors (Lipinski definition) is 4. The number of carbonyl (C=O) groups is 7. The van der Waals surface area contributed by atoms with Gasteiger partial charge in [0.1, 0.15) is 29.3 Å². The summed E-state index contributed by atoms with van der Waals surface area (Å²) in [7, 11) is 0. The first-order chi connectivity index (χ1) is 37.9. The number of alkyl carbamates (subject to hydrolysis) is 1. The van der Waals surface area contributed by atoms with E-state index < -0.39 is 71.9 Å². The van der Waals surface area contributed by atoms with Crippen molar-refractivity contribution in [2.24, 2.45) is 17.6 Å². The van der Waals surface area contributed by atoms with Crippen LogP contribution in [0.15, 0.2) is 97.1 Å². The molecule has 82 heavy (non-hydrogen) atoms. The summed E-state index contributed by atoms with van der Waals surface area (Å²) in [5.41, 5.74) is 5.14. The smallest absolute Gasteiger partial charge is 0.476 e. The van der Waals surface area contributed by atoms with Crippen molar-refractivity contribution in [3.8, 4) is 11.5 Å². The fourth-order valence-corrected chi connectivity index (χ4v) is 7.00. The van der Waals surface area contributed by atoms with Gasteiger partial charge < -0.3 is 64.3 Å². The largest absolute Gasteiger partial charge is 0.511 e. The van der Waals surface area contributed by atoms with Gasteiger partial charge in [-0.3, -0.25) is 9.59 Å². The summed E-state index contributed by atoms with van der Waals surface area (Å²) < 4.78 is 47.9. The molecule has 0 radical (unpaired) electrons. The summed E-state index contributed by atoms with van der Waals surface area (Å²) in [4.78, 5) is 86.1. The molecule has 3 amide bonds. The standard InChI is InChI=1S/C32H43ClN2O9.C27H35ClN2O7.ClH/c1-20(2)26(19-35-29(38)44-31(4,5)6)42-30(39)41-21(3)40-28(37)32(7,8)43-25-15-9-22(10-16-25)17-18-34-27(36)23-11-13-24(33)14-12-23;1-17(2)23(16-29)36-26(33)35-18(3)34-25(32)27(4,5)37-22-12-6-19(7-13-22)14-15-30-24(31)20-8-10-21(28)11-9-20;/h9-16,20-21,26H,17-19H2,1-8H3,(H,34,36)(H,35,38);6-13,17-18,23H,14-16,29H2,1-5H3,(H,30,31);1H. The highest BCUT2D eigenvalue weighted by atomic mass is 35.5. The summed E-state index contributed by atoms with van der Waals surface area (Å²) in [6.45, 7) is 22.5.